The summed E-state index contributed by atoms with van der Waals surface area (Å²) in [5.41, 5.74) is 5.95. The number of hydrogen-bond acceptors (Lipinski definition) is 3. The number of halogens is 4. The molecule has 1 fully saturated rings. The van der Waals surface area contributed by atoms with E-state index in [-0.39, 0.29) is 53.4 Å². The van der Waals surface area contributed by atoms with Crippen LogP contribution in [0, 0.1) is 11.8 Å². The molecule has 1 aromatic rings. The van der Waals surface area contributed by atoms with Crippen molar-refractivity contribution in [1.29, 1.82) is 0 Å². The zero-order chi connectivity index (χ0) is 18.4. The van der Waals surface area contributed by atoms with E-state index in [1.807, 2.05) is 0 Å². The zero-order valence-electron chi connectivity index (χ0n) is 14.8. The minimum atomic E-state index is -4.77. The molecule has 0 aromatic heterocycles. The van der Waals surface area contributed by atoms with Gasteiger partial charge in [0.25, 0.3) is 0 Å². The Morgan fingerprint density at radius 3 is 2.73 bits per heavy atom. The van der Waals surface area contributed by atoms with E-state index >= 15 is 0 Å². The number of nitrogens with zero attached hydrogens (tertiary/aromatic N) is 1. The van der Waals surface area contributed by atoms with Crippen LogP contribution in [0.5, 0.6) is 5.75 Å². The Labute approximate surface area is 168 Å². The average molecular weight is 487 g/mol. The summed E-state index contributed by atoms with van der Waals surface area (Å²) in [6, 6.07) is 5.70. The van der Waals surface area contributed by atoms with Gasteiger partial charge in [0.05, 0.1) is 11.8 Å². The summed E-state index contributed by atoms with van der Waals surface area (Å²) >= 11 is 0. The molecule has 0 bridgehead atoms. The lowest BCUT2D eigenvalue weighted by Gasteiger charge is -2.33. The normalized spacial score (nSPS) is 21.2. The van der Waals surface area contributed by atoms with Gasteiger partial charge in [-0.05, 0) is 30.9 Å². The molecule has 2 unspecified atom stereocenters. The van der Waals surface area contributed by atoms with Crippen LogP contribution in [-0.2, 0) is 4.74 Å². The smallest absolute Gasteiger partial charge is 0.404 e. The summed E-state index contributed by atoms with van der Waals surface area (Å²) in [5, 5.41) is 2.68. The molecule has 2 rings (SSSR count). The first-order valence-electron chi connectivity index (χ1n) is 8.29. The van der Waals surface area contributed by atoms with E-state index in [9.17, 15) is 13.2 Å². The Morgan fingerprint density at radius 2 is 2.08 bits per heavy atom. The van der Waals surface area contributed by atoms with Gasteiger partial charge >= 0.3 is 6.36 Å². The topological polar surface area (TPSA) is 68.9 Å². The van der Waals surface area contributed by atoms with E-state index < -0.39 is 6.36 Å². The Kier molecular flexibility index (Phi) is 8.94. The monoisotopic (exact) mass is 487 g/mol. The predicted octanol–water partition coefficient (Wildman–Crippen LogP) is 4.38. The van der Waals surface area contributed by atoms with E-state index in [1.165, 1.54) is 18.2 Å². The molecule has 0 spiro atoms. The Morgan fingerprint density at radius 1 is 1.38 bits per heavy atom. The third-order valence-electron chi connectivity index (χ3n) is 4.02. The minimum absolute atomic E-state index is 0. The fourth-order valence-corrected chi connectivity index (χ4v) is 2.97. The third-order valence-corrected chi connectivity index (χ3v) is 4.02. The maximum atomic E-state index is 12.4. The highest BCUT2D eigenvalue weighted by atomic mass is 127. The standard InChI is InChI=1S/C17H24F3N3O2.HI/c1-11(2)15-12(6-5-9-24-15)10-22-16(21)23-13-7-3-4-8-14(13)25-17(18,19)20;/h3-4,7-8,11-12,15H,5-6,9-10H2,1-2H3,(H3,21,22,23);1H. The van der Waals surface area contributed by atoms with Gasteiger partial charge in [-0.2, -0.15) is 0 Å². The molecular weight excluding hydrogens is 462 g/mol. The number of guanidine groups is 1. The molecule has 1 aliphatic heterocycles. The van der Waals surface area contributed by atoms with Crippen molar-refractivity contribution in [3.63, 3.8) is 0 Å². The van der Waals surface area contributed by atoms with Crippen molar-refractivity contribution in [2.75, 3.05) is 18.5 Å². The van der Waals surface area contributed by atoms with E-state index in [4.69, 9.17) is 10.5 Å². The molecule has 1 saturated heterocycles. The second-order valence-electron chi connectivity index (χ2n) is 6.38. The number of nitrogens with two attached hydrogens (primary N) is 1. The number of ether oxygens (including phenoxy) is 2. The van der Waals surface area contributed by atoms with Crippen molar-refractivity contribution >= 4 is 35.6 Å². The van der Waals surface area contributed by atoms with Crippen molar-refractivity contribution < 1.29 is 22.6 Å². The zero-order valence-corrected chi connectivity index (χ0v) is 17.1. The lowest BCUT2D eigenvalue weighted by atomic mass is 9.87. The molecule has 2 atom stereocenters. The molecule has 1 aromatic carbocycles. The minimum Gasteiger partial charge on any atom is -0.404 e. The molecule has 1 aliphatic rings. The fraction of sp³-hybridized carbons (Fsp3) is 0.588. The number of alkyl halides is 3. The first-order chi connectivity index (χ1) is 11.8. The number of hydrogen-bond donors (Lipinski definition) is 2. The number of rotatable bonds is 5. The molecule has 1 heterocycles. The number of aliphatic imine (C=N–C) groups is 1. The van der Waals surface area contributed by atoms with Gasteiger partial charge in [-0.25, -0.2) is 0 Å². The molecule has 0 amide bonds. The van der Waals surface area contributed by atoms with E-state index in [0.717, 1.165) is 19.4 Å². The fourth-order valence-electron chi connectivity index (χ4n) is 2.97. The summed E-state index contributed by atoms with van der Waals surface area (Å²) in [5.74, 6) is 0.312. The highest BCUT2D eigenvalue weighted by molar-refractivity contribution is 14.0. The Bertz CT molecular complexity index is 597. The van der Waals surface area contributed by atoms with Crippen molar-refractivity contribution in [1.82, 2.24) is 0 Å². The van der Waals surface area contributed by atoms with E-state index in [0.29, 0.717) is 12.5 Å². The van der Waals surface area contributed by atoms with Crippen LogP contribution in [0.2, 0.25) is 0 Å². The lowest BCUT2D eigenvalue weighted by molar-refractivity contribution is -0.274. The lowest BCUT2D eigenvalue weighted by Crippen LogP contribution is -2.36. The number of anilines is 1. The van der Waals surface area contributed by atoms with Crippen molar-refractivity contribution in [3.8, 4) is 5.75 Å². The maximum Gasteiger partial charge on any atom is 0.573 e. The number of benzene rings is 1. The van der Waals surface area contributed by atoms with E-state index in [1.54, 1.807) is 6.07 Å². The van der Waals surface area contributed by atoms with Crippen LogP contribution in [0.25, 0.3) is 0 Å². The molecule has 148 valence electrons. The summed E-state index contributed by atoms with van der Waals surface area (Å²) in [7, 11) is 0. The second kappa shape index (κ2) is 10.2. The molecule has 5 nitrogen and oxygen atoms in total. The second-order valence-corrected chi connectivity index (χ2v) is 6.38. The van der Waals surface area contributed by atoms with Gasteiger partial charge in [-0.1, -0.05) is 26.0 Å². The number of nitrogens with one attached hydrogen (secondary N) is 1. The average Bonchev–Trinajstić information content (AvgIpc) is 2.53. The van der Waals surface area contributed by atoms with Crippen molar-refractivity contribution in [2.45, 2.75) is 39.2 Å². The van der Waals surface area contributed by atoms with Crippen LogP contribution in [0.15, 0.2) is 29.3 Å². The summed E-state index contributed by atoms with van der Waals surface area (Å²) in [4.78, 5) is 4.28. The summed E-state index contributed by atoms with van der Waals surface area (Å²) < 4.78 is 47.1. The van der Waals surface area contributed by atoms with Gasteiger partial charge in [0.1, 0.15) is 0 Å². The highest BCUT2D eigenvalue weighted by Gasteiger charge is 2.32. The summed E-state index contributed by atoms with van der Waals surface area (Å²) in [6.45, 7) is 5.40. The van der Waals surface area contributed by atoms with Crippen molar-refractivity contribution in [2.24, 2.45) is 22.6 Å². The van der Waals surface area contributed by atoms with Crippen LogP contribution >= 0.6 is 24.0 Å². The predicted molar refractivity (Wildman–Crippen MR) is 106 cm³/mol. The van der Waals surface area contributed by atoms with Gasteiger partial charge in [0.2, 0.25) is 0 Å². The molecule has 0 saturated carbocycles. The van der Waals surface area contributed by atoms with Crippen LogP contribution in [0.1, 0.15) is 26.7 Å². The molecule has 0 radical (unpaired) electrons. The molecule has 9 heteroatoms. The van der Waals surface area contributed by atoms with Gasteiger partial charge in [-0.3, -0.25) is 4.99 Å². The third kappa shape index (κ3) is 7.18. The molecule has 3 N–H and O–H groups in total. The largest absolute Gasteiger partial charge is 0.573 e. The van der Waals surface area contributed by atoms with Gasteiger partial charge in [-0.15, -0.1) is 37.1 Å². The quantitative estimate of drug-likeness (QED) is 0.368. The van der Waals surface area contributed by atoms with Crippen LogP contribution < -0.4 is 15.8 Å². The van der Waals surface area contributed by atoms with Crippen LogP contribution in [0.4, 0.5) is 18.9 Å². The van der Waals surface area contributed by atoms with Crippen LogP contribution in [0.3, 0.4) is 0 Å². The Hall–Kier alpha value is -1.23. The van der Waals surface area contributed by atoms with Gasteiger partial charge in [0, 0.05) is 19.1 Å². The van der Waals surface area contributed by atoms with Crippen molar-refractivity contribution in [3.05, 3.63) is 24.3 Å². The van der Waals surface area contributed by atoms with Gasteiger partial charge < -0.3 is 20.5 Å². The van der Waals surface area contributed by atoms with Gasteiger partial charge in [0.15, 0.2) is 11.7 Å². The first kappa shape index (κ1) is 22.8. The highest BCUT2D eigenvalue weighted by Crippen LogP contribution is 2.30. The first-order valence-corrected chi connectivity index (χ1v) is 8.29. The summed E-state index contributed by atoms with van der Waals surface area (Å²) in [6.07, 6.45) is -2.69. The SMILES string of the molecule is CC(C)C1OCCCC1CN=C(N)Nc1ccccc1OC(F)(F)F.I. The van der Waals surface area contributed by atoms with E-state index in [2.05, 4.69) is 28.9 Å². The maximum absolute atomic E-state index is 12.4. The molecule has 26 heavy (non-hydrogen) atoms. The molecule has 0 aliphatic carbocycles. The number of para-hydroxylation sites is 2. The van der Waals surface area contributed by atoms with Crippen LogP contribution in [-0.4, -0.2) is 31.6 Å². The Balaban J connectivity index is 0.00000338. The molecular formula is C17H25F3IN3O2.